The zero-order chi connectivity index (χ0) is 18.1. The highest BCUT2D eigenvalue weighted by atomic mass is 35.5. The van der Waals surface area contributed by atoms with E-state index in [9.17, 15) is 0 Å². The second-order valence-electron chi connectivity index (χ2n) is 4.69. The number of nitrogens with zero attached hydrogens (tertiary/aromatic N) is 1. The van der Waals surface area contributed by atoms with E-state index in [0.717, 1.165) is 5.56 Å². The Labute approximate surface area is 147 Å². The van der Waals surface area contributed by atoms with Gasteiger partial charge in [0.05, 0.1) is 17.8 Å². The van der Waals surface area contributed by atoms with Crippen LogP contribution in [0.5, 0.6) is 0 Å². The number of aromatic nitrogens is 1. The summed E-state index contributed by atoms with van der Waals surface area (Å²) < 4.78 is 5.08. The van der Waals surface area contributed by atoms with Gasteiger partial charge in [-0.2, -0.15) is 0 Å². The molecule has 126 valence electrons. The number of pyridine rings is 1. The lowest BCUT2D eigenvalue weighted by atomic mass is 9.97. The van der Waals surface area contributed by atoms with Crippen LogP contribution in [0, 0.1) is 0 Å². The smallest absolute Gasteiger partial charge is 0.112 e. The van der Waals surface area contributed by atoms with Crippen molar-refractivity contribution in [2.24, 2.45) is 17.2 Å². The van der Waals surface area contributed by atoms with Crippen LogP contribution in [0.2, 0.25) is 0 Å². The van der Waals surface area contributed by atoms with Crippen LogP contribution in [-0.2, 0) is 4.74 Å². The molecule has 0 atom stereocenters. The first-order chi connectivity index (χ1) is 11.4. The van der Waals surface area contributed by atoms with Crippen LogP contribution < -0.4 is 17.2 Å². The van der Waals surface area contributed by atoms with Gasteiger partial charge in [-0.3, -0.25) is 4.98 Å². The van der Waals surface area contributed by atoms with Crippen LogP contribution >= 0.6 is 11.6 Å². The third kappa shape index (κ3) is 5.07. The van der Waals surface area contributed by atoms with Crippen molar-refractivity contribution in [1.29, 1.82) is 0 Å². The standard InChI is InChI=1S/C18H21ClN4O/c1-12(14-5-4-6-23-11-14)7-15(17(19)9-20)16(18(22)10-21)8-13(2)24-3/h4-11H,1-2,20-22H2,3H3/b15-7?,16-8-,17-9+,18-10+. The first kappa shape index (κ1) is 19.1. The second-order valence-corrected chi connectivity index (χ2v) is 5.10. The molecule has 0 aromatic carbocycles. The lowest BCUT2D eigenvalue weighted by Gasteiger charge is -2.14. The predicted octanol–water partition coefficient (Wildman–Crippen LogP) is 2.91. The van der Waals surface area contributed by atoms with Crippen LogP contribution in [0.4, 0.5) is 0 Å². The summed E-state index contributed by atoms with van der Waals surface area (Å²) in [5.74, 6) is 0.383. The molecule has 0 amide bonds. The van der Waals surface area contributed by atoms with E-state index in [2.05, 4.69) is 18.1 Å². The maximum atomic E-state index is 6.26. The fraction of sp³-hybridized carbons (Fsp3) is 0.0556. The Morgan fingerprint density at radius 2 is 1.92 bits per heavy atom. The minimum Gasteiger partial charge on any atom is -0.497 e. The van der Waals surface area contributed by atoms with E-state index in [1.807, 2.05) is 12.1 Å². The highest BCUT2D eigenvalue weighted by Gasteiger charge is 2.13. The molecule has 0 aliphatic carbocycles. The zero-order valence-electron chi connectivity index (χ0n) is 13.5. The fourth-order valence-electron chi connectivity index (χ4n) is 1.80. The summed E-state index contributed by atoms with van der Waals surface area (Å²) in [6.45, 7) is 7.79. The average molecular weight is 345 g/mol. The van der Waals surface area contributed by atoms with Crippen molar-refractivity contribution in [2.45, 2.75) is 0 Å². The summed E-state index contributed by atoms with van der Waals surface area (Å²) in [7, 11) is 1.50. The van der Waals surface area contributed by atoms with Crippen molar-refractivity contribution in [3.63, 3.8) is 0 Å². The van der Waals surface area contributed by atoms with E-state index in [0.29, 0.717) is 28.2 Å². The Kier molecular flexibility index (Phi) is 7.39. The molecule has 0 fully saturated rings. The van der Waals surface area contributed by atoms with Gasteiger partial charge in [0.15, 0.2) is 0 Å². The van der Waals surface area contributed by atoms with Gasteiger partial charge in [0, 0.05) is 35.9 Å². The van der Waals surface area contributed by atoms with Crippen LogP contribution in [0.15, 0.2) is 89.9 Å². The van der Waals surface area contributed by atoms with Crippen LogP contribution in [0.1, 0.15) is 5.56 Å². The molecule has 0 aliphatic heterocycles. The first-order valence-electron chi connectivity index (χ1n) is 6.96. The van der Waals surface area contributed by atoms with Gasteiger partial charge in [-0.15, -0.1) is 0 Å². The van der Waals surface area contributed by atoms with E-state index in [1.165, 1.54) is 19.5 Å². The zero-order valence-corrected chi connectivity index (χ0v) is 14.3. The normalized spacial score (nSPS) is 13.6. The molecule has 1 heterocycles. The lowest BCUT2D eigenvalue weighted by Crippen LogP contribution is -2.08. The molecular weight excluding hydrogens is 324 g/mol. The lowest BCUT2D eigenvalue weighted by molar-refractivity contribution is 0.308. The van der Waals surface area contributed by atoms with Gasteiger partial charge in [0.2, 0.25) is 0 Å². The molecule has 0 radical (unpaired) electrons. The SMILES string of the molecule is C=C(/C=C(C(=CC(=C)c1cccnc1)/C(Cl)=C\N)\C(N)=C/N)OC. The number of hydrogen-bond donors (Lipinski definition) is 3. The number of rotatable bonds is 7. The molecule has 24 heavy (non-hydrogen) atoms. The Balaban J connectivity index is 3.48. The van der Waals surface area contributed by atoms with Crippen LogP contribution in [-0.4, -0.2) is 12.1 Å². The minimum atomic E-state index is 0.278. The van der Waals surface area contributed by atoms with Crippen LogP contribution in [0.3, 0.4) is 0 Å². The molecule has 0 saturated heterocycles. The number of methoxy groups -OCH3 is 1. The molecule has 0 aliphatic rings. The molecule has 1 rings (SSSR count). The Hall–Kier alpha value is -2.92. The Morgan fingerprint density at radius 3 is 2.42 bits per heavy atom. The first-order valence-corrected chi connectivity index (χ1v) is 7.33. The van der Waals surface area contributed by atoms with Crippen molar-refractivity contribution >= 4 is 17.2 Å². The van der Waals surface area contributed by atoms with E-state index < -0.39 is 0 Å². The molecule has 0 unspecified atom stereocenters. The summed E-state index contributed by atoms with van der Waals surface area (Å²) in [6.07, 6.45) is 9.25. The fourth-order valence-corrected chi connectivity index (χ4v) is 1.96. The number of ether oxygens (including phenoxy) is 1. The van der Waals surface area contributed by atoms with E-state index in [-0.39, 0.29) is 5.03 Å². The molecular formula is C18H21ClN4O. The van der Waals surface area contributed by atoms with Crippen molar-refractivity contribution in [2.75, 3.05) is 7.11 Å². The monoisotopic (exact) mass is 344 g/mol. The summed E-state index contributed by atoms with van der Waals surface area (Å²) in [5.41, 5.74) is 20.0. The summed E-state index contributed by atoms with van der Waals surface area (Å²) >= 11 is 6.26. The molecule has 6 heteroatoms. The van der Waals surface area contributed by atoms with E-state index in [4.69, 9.17) is 33.5 Å². The maximum Gasteiger partial charge on any atom is 0.112 e. The minimum absolute atomic E-state index is 0.278. The van der Waals surface area contributed by atoms with Gasteiger partial charge in [0.25, 0.3) is 0 Å². The second kappa shape index (κ2) is 9.27. The van der Waals surface area contributed by atoms with Gasteiger partial charge >= 0.3 is 0 Å². The maximum absolute atomic E-state index is 6.26. The molecule has 0 spiro atoms. The van der Waals surface area contributed by atoms with Crippen molar-refractivity contribution in [3.8, 4) is 0 Å². The highest BCUT2D eigenvalue weighted by Crippen LogP contribution is 2.29. The van der Waals surface area contributed by atoms with Crippen LogP contribution in [0.25, 0.3) is 5.57 Å². The van der Waals surface area contributed by atoms with E-state index >= 15 is 0 Å². The Morgan fingerprint density at radius 1 is 1.21 bits per heavy atom. The van der Waals surface area contributed by atoms with Gasteiger partial charge < -0.3 is 21.9 Å². The quantitative estimate of drug-likeness (QED) is 0.521. The highest BCUT2D eigenvalue weighted by molar-refractivity contribution is 6.32. The third-order valence-corrected chi connectivity index (χ3v) is 3.43. The van der Waals surface area contributed by atoms with Gasteiger partial charge in [-0.05, 0) is 29.4 Å². The largest absolute Gasteiger partial charge is 0.497 e. The van der Waals surface area contributed by atoms with Gasteiger partial charge in [-0.25, -0.2) is 0 Å². The number of allylic oxidation sites excluding steroid dienone is 5. The summed E-state index contributed by atoms with van der Waals surface area (Å²) in [5, 5.41) is 0.278. The number of hydrogen-bond acceptors (Lipinski definition) is 5. The topological polar surface area (TPSA) is 100 Å². The van der Waals surface area contributed by atoms with Crippen molar-refractivity contribution in [3.05, 3.63) is 95.4 Å². The predicted molar refractivity (Wildman–Crippen MR) is 100 cm³/mol. The molecule has 0 bridgehead atoms. The van der Waals surface area contributed by atoms with Gasteiger partial charge in [0.1, 0.15) is 5.76 Å². The molecule has 1 aromatic rings. The van der Waals surface area contributed by atoms with E-state index in [1.54, 1.807) is 24.5 Å². The van der Waals surface area contributed by atoms with Crippen molar-refractivity contribution < 1.29 is 4.74 Å². The molecule has 5 nitrogen and oxygen atoms in total. The van der Waals surface area contributed by atoms with Gasteiger partial charge in [-0.1, -0.05) is 30.8 Å². The summed E-state index contributed by atoms with van der Waals surface area (Å²) in [6, 6.07) is 3.69. The molecule has 0 saturated carbocycles. The average Bonchev–Trinajstić information content (AvgIpc) is 2.63. The summed E-state index contributed by atoms with van der Waals surface area (Å²) in [4.78, 5) is 4.07. The third-order valence-electron chi connectivity index (χ3n) is 3.10. The Bertz CT molecular complexity index is 731. The van der Waals surface area contributed by atoms with Crippen molar-refractivity contribution in [1.82, 2.24) is 4.98 Å². The molecule has 1 aromatic heterocycles. The number of nitrogens with two attached hydrogens (primary N) is 3. The molecule has 6 N–H and O–H groups in total. The number of halogens is 1.